The van der Waals surface area contributed by atoms with Crippen molar-refractivity contribution in [1.29, 1.82) is 0 Å². The topological polar surface area (TPSA) is 45.4 Å². The molecule has 1 aliphatic rings. The Bertz CT molecular complexity index is 553. The Balaban J connectivity index is 1.98. The Morgan fingerprint density at radius 2 is 1.53 bits per heavy atom. The van der Waals surface area contributed by atoms with Gasteiger partial charge < -0.3 is 10.2 Å². The van der Waals surface area contributed by atoms with Gasteiger partial charge >= 0.3 is 0 Å². The molecule has 3 heteroatoms. The van der Waals surface area contributed by atoms with Crippen molar-refractivity contribution >= 4 is 0 Å². The van der Waals surface area contributed by atoms with E-state index in [1.165, 1.54) is 0 Å². The van der Waals surface area contributed by atoms with E-state index in [-0.39, 0.29) is 17.2 Å². The molecule has 0 atom stereocenters. The Morgan fingerprint density at radius 1 is 1.00 bits per heavy atom. The molecule has 3 rings (SSSR count). The van der Waals surface area contributed by atoms with Crippen LogP contribution in [0.3, 0.4) is 0 Å². The molecule has 2 N–H and O–H groups in total. The van der Waals surface area contributed by atoms with Gasteiger partial charge in [0.15, 0.2) is 11.8 Å². The Hall–Kier alpha value is -1.90. The lowest BCUT2D eigenvalue weighted by molar-refractivity contribution is 0.363. The van der Waals surface area contributed by atoms with Crippen molar-refractivity contribution in [3.05, 3.63) is 47.0 Å². The predicted molar refractivity (Wildman–Crippen MR) is 65.4 cm³/mol. The van der Waals surface area contributed by atoms with Gasteiger partial charge in [-0.3, -0.25) is 4.57 Å². The number of aromatic nitrogens is 1. The summed E-state index contributed by atoms with van der Waals surface area (Å²) in [6.07, 6.45) is 0. The molecular formula is C14H15NO2. The summed E-state index contributed by atoms with van der Waals surface area (Å²) in [5.41, 5.74) is 2.67. The summed E-state index contributed by atoms with van der Waals surface area (Å²) >= 11 is 0. The van der Waals surface area contributed by atoms with Gasteiger partial charge in [0.2, 0.25) is 0 Å². The van der Waals surface area contributed by atoms with Gasteiger partial charge in [0.1, 0.15) is 0 Å². The first-order chi connectivity index (χ1) is 8.03. The standard InChI is InChI=1S/C14H15NO2/c1-14(2)10-11(14)13(17)15(12(10)16)8-9-6-4-3-5-7-9/h3-7,16-17H,8H2,1-2H3. The molecule has 0 aliphatic heterocycles. The summed E-state index contributed by atoms with van der Waals surface area (Å²) in [5, 5.41) is 20.1. The zero-order chi connectivity index (χ0) is 12.2. The second kappa shape index (κ2) is 3.06. The largest absolute Gasteiger partial charge is 0.494 e. The first-order valence-corrected chi connectivity index (χ1v) is 5.72. The van der Waals surface area contributed by atoms with Crippen LogP contribution < -0.4 is 0 Å². The number of nitrogens with zero attached hydrogens (tertiary/aromatic N) is 1. The van der Waals surface area contributed by atoms with Crippen LogP contribution in [0.2, 0.25) is 0 Å². The fourth-order valence-electron chi connectivity index (χ4n) is 2.54. The third-order valence-electron chi connectivity index (χ3n) is 3.58. The van der Waals surface area contributed by atoms with Crippen LogP contribution in [0.1, 0.15) is 30.5 Å². The normalized spacial score (nSPS) is 15.6. The van der Waals surface area contributed by atoms with E-state index in [0.717, 1.165) is 16.7 Å². The molecule has 1 aromatic carbocycles. The van der Waals surface area contributed by atoms with E-state index in [4.69, 9.17) is 0 Å². The van der Waals surface area contributed by atoms with E-state index >= 15 is 0 Å². The molecule has 2 aromatic rings. The van der Waals surface area contributed by atoms with E-state index in [9.17, 15) is 10.2 Å². The molecular weight excluding hydrogens is 214 g/mol. The smallest absolute Gasteiger partial charge is 0.198 e. The summed E-state index contributed by atoms with van der Waals surface area (Å²) in [6, 6.07) is 9.80. The summed E-state index contributed by atoms with van der Waals surface area (Å²) in [7, 11) is 0. The van der Waals surface area contributed by atoms with Crippen LogP contribution in [0.25, 0.3) is 0 Å². The molecule has 0 saturated heterocycles. The van der Waals surface area contributed by atoms with Gasteiger partial charge in [-0.15, -0.1) is 0 Å². The van der Waals surface area contributed by atoms with Crippen LogP contribution in [-0.2, 0) is 12.0 Å². The quantitative estimate of drug-likeness (QED) is 0.831. The van der Waals surface area contributed by atoms with Crippen LogP contribution >= 0.6 is 0 Å². The highest BCUT2D eigenvalue weighted by Crippen LogP contribution is 2.60. The van der Waals surface area contributed by atoms with E-state index < -0.39 is 0 Å². The van der Waals surface area contributed by atoms with Crippen molar-refractivity contribution < 1.29 is 10.2 Å². The molecule has 0 spiro atoms. The van der Waals surface area contributed by atoms with Crippen molar-refractivity contribution in [2.75, 3.05) is 0 Å². The van der Waals surface area contributed by atoms with E-state index in [0.29, 0.717) is 6.54 Å². The van der Waals surface area contributed by atoms with Gasteiger partial charge in [0.25, 0.3) is 0 Å². The van der Waals surface area contributed by atoms with Gasteiger partial charge in [-0.2, -0.15) is 0 Å². The Labute approximate surface area is 100.0 Å². The van der Waals surface area contributed by atoms with Gasteiger partial charge in [-0.1, -0.05) is 44.2 Å². The lowest BCUT2D eigenvalue weighted by atomic mass is 10.1. The van der Waals surface area contributed by atoms with E-state index in [1.807, 2.05) is 44.2 Å². The second-order valence-electron chi connectivity index (χ2n) is 5.09. The number of benzene rings is 1. The number of hydrogen-bond acceptors (Lipinski definition) is 2. The minimum absolute atomic E-state index is 0.151. The maximum atomic E-state index is 10.1. The number of rotatable bonds is 2. The lowest BCUT2D eigenvalue weighted by Gasteiger charge is -2.12. The summed E-state index contributed by atoms with van der Waals surface area (Å²) in [4.78, 5) is 0. The van der Waals surface area contributed by atoms with Crippen LogP contribution in [0.15, 0.2) is 30.3 Å². The number of fused-ring (bicyclic) bond motifs is 1. The highest BCUT2D eigenvalue weighted by atomic mass is 16.3. The van der Waals surface area contributed by atoms with Gasteiger partial charge in [-0.05, 0) is 5.56 Å². The summed E-state index contributed by atoms with van der Waals surface area (Å²) < 4.78 is 1.56. The van der Waals surface area contributed by atoms with Crippen LogP contribution in [0.4, 0.5) is 0 Å². The monoisotopic (exact) mass is 229 g/mol. The van der Waals surface area contributed by atoms with E-state index in [1.54, 1.807) is 4.57 Å². The molecule has 0 unspecified atom stereocenters. The third-order valence-corrected chi connectivity index (χ3v) is 3.58. The maximum absolute atomic E-state index is 10.1. The van der Waals surface area contributed by atoms with Crippen LogP contribution in [0.5, 0.6) is 11.8 Å². The molecule has 17 heavy (non-hydrogen) atoms. The van der Waals surface area contributed by atoms with Gasteiger partial charge in [0.05, 0.1) is 6.54 Å². The highest BCUT2D eigenvalue weighted by Gasteiger charge is 2.51. The fourth-order valence-corrected chi connectivity index (χ4v) is 2.54. The number of aromatic hydroxyl groups is 2. The average molecular weight is 229 g/mol. The zero-order valence-electron chi connectivity index (χ0n) is 9.94. The van der Waals surface area contributed by atoms with Crippen molar-refractivity contribution in [2.45, 2.75) is 25.8 Å². The average Bonchev–Trinajstić information content (AvgIpc) is 2.78. The molecule has 1 aliphatic carbocycles. The maximum Gasteiger partial charge on any atom is 0.198 e. The SMILES string of the molecule is CC1(C)c2c1c(O)n(Cc1ccccc1)c2O. The van der Waals surface area contributed by atoms with Crippen molar-refractivity contribution in [1.82, 2.24) is 4.57 Å². The summed E-state index contributed by atoms with van der Waals surface area (Å²) in [6.45, 7) is 4.51. The molecule has 88 valence electrons. The fraction of sp³-hybridized carbons (Fsp3) is 0.286. The molecule has 1 heterocycles. The molecule has 0 radical (unpaired) electrons. The first kappa shape index (κ1) is 10.3. The third kappa shape index (κ3) is 1.28. The molecule has 3 nitrogen and oxygen atoms in total. The van der Waals surface area contributed by atoms with Gasteiger partial charge in [-0.25, -0.2) is 0 Å². The first-order valence-electron chi connectivity index (χ1n) is 5.72. The highest BCUT2D eigenvalue weighted by molar-refractivity contribution is 5.69. The lowest BCUT2D eigenvalue weighted by Crippen LogP contribution is -2.05. The van der Waals surface area contributed by atoms with Crippen molar-refractivity contribution in [3.8, 4) is 11.8 Å². The molecule has 0 bridgehead atoms. The van der Waals surface area contributed by atoms with Crippen molar-refractivity contribution in [3.63, 3.8) is 0 Å². The summed E-state index contributed by atoms with van der Waals surface area (Å²) in [5.74, 6) is 0.401. The molecule has 1 aromatic heterocycles. The zero-order valence-corrected chi connectivity index (χ0v) is 9.94. The second-order valence-corrected chi connectivity index (χ2v) is 5.09. The minimum atomic E-state index is -0.151. The molecule has 0 saturated carbocycles. The number of hydrogen-bond donors (Lipinski definition) is 2. The molecule has 0 fully saturated rings. The predicted octanol–water partition coefficient (Wildman–Crippen LogP) is 2.59. The Kier molecular flexibility index (Phi) is 1.85. The van der Waals surface area contributed by atoms with E-state index in [2.05, 4.69) is 0 Å². The van der Waals surface area contributed by atoms with Crippen molar-refractivity contribution in [2.24, 2.45) is 0 Å². The molecule has 0 amide bonds. The minimum Gasteiger partial charge on any atom is -0.494 e. The van der Waals surface area contributed by atoms with Crippen LogP contribution in [-0.4, -0.2) is 14.8 Å². The van der Waals surface area contributed by atoms with Crippen LogP contribution in [0, 0.1) is 0 Å². The van der Waals surface area contributed by atoms with Gasteiger partial charge in [0, 0.05) is 16.5 Å². The Morgan fingerprint density at radius 3 is 2.06 bits per heavy atom.